The Labute approximate surface area is 131 Å². The van der Waals surface area contributed by atoms with Crippen LogP contribution in [0.2, 0.25) is 0 Å². The molecule has 1 N–H and O–H groups in total. The van der Waals surface area contributed by atoms with E-state index in [1.165, 1.54) is 0 Å². The molecule has 0 bridgehead atoms. The maximum absolute atomic E-state index is 11.6. The third kappa shape index (κ3) is 5.33. The van der Waals surface area contributed by atoms with E-state index >= 15 is 0 Å². The maximum Gasteiger partial charge on any atom is 0.220 e. The fourth-order valence-electron chi connectivity index (χ4n) is 2.20. The number of rotatable bonds is 9. The Hall–Kier alpha value is -2.14. The van der Waals surface area contributed by atoms with E-state index in [9.17, 15) is 4.79 Å². The van der Waals surface area contributed by atoms with Gasteiger partial charge in [-0.05, 0) is 18.4 Å². The molecule has 0 radical (unpaired) electrons. The fourth-order valence-corrected chi connectivity index (χ4v) is 2.20. The summed E-state index contributed by atoms with van der Waals surface area (Å²) < 4.78 is 6.83. The van der Waals surface area contributed by atoms with E-state index < -0.39 is 0 Å². The summed E-state index contributed by atoms with van der Waals surface area (Å²) in [6.07, 6.45) is 6.04. The molecule has 1 heterocycles. The summed E-state index contributed by atoms with van der Waals surface area (Å²) in [6, 6.07) is 10.2. The third-order valence-corrected chi connectivity index (χ3v) is 3.38. The largest absolute Gasteiger partial charge is 0.385 e. The molecule has 0 spiro atoms. The normalized spacial score (nSPS) is 10.6. The first-order valence-corrected chi connectivity index (χ1v) is 7.63. The van der Waals surface area contributed by atoms with Gasteiger partial charge in [0.1, 0.15) is 0 Å². The average Bonchev–Trinajstić information content (AvgIpc) is 3.01. The topological polar surface area (TPSA) is 56.1 Å². The minimum atomic E-state index is 0.0894. The highest BCUT2D eigenvalue weighted by Gasteiger charge is 2.03. The zero-order chi connectivity index (χ0) is 15.6. The number of nitrogens with zero attached hydrogens (tertiary/aromatic N) is 2. The molecule has 5 nitrogen and oxygen atoms in total. The summed E-state index contributed by atoms with van der Waals surface area (Å²) in [7, 11) is 1.66. The molecule has 0 saturated heterocycles. The molecule has 2 rings (SSSR count). The van der Waals surface area contributed by atoms with Gasteiger partial charge in [0, 0.05) is 45.0 Å². The third-order valence-electron chi connectivity index (χ3n) is 3.38. The second kappa shape index (κ2) is 9.00. The van der Waals surface area contributed by atoms with Crippen LogP contribution in [0.4, 0.5) is 0 Å². The standard InChI is InChI=1S/C17H23N3O2/c1-22-12-6-10-18-17(21)9-5-11-20-14-16(13-19-20)15-7-3-2-4-8-15/h2-4,7-8,13-14H,5-6,9-12H2,1H3,(H,18,21). The van der Waals surface area contributed by atoms with Crippen molar-refractivity contribution < 1.29 is 9.53 Å². The molecule has 0 atom stereocenters. The number of methoxy groups -OCH3 is 1. The number of amides is 1. The molecule has 5 heteroatoms. The van der Waals surface area contributed by atoms with E-state index in [2.05, 4.69) is 22.5 Å². The molecule has 0 aliphatic rings. The number of hydrogen-bond acceptors (Lipinski definition) is 3. The molecular weight excluding hydrogens is 278 g/mol. The first kappa shape index (κ1) is 16.2. The van der Waals surface area contributed by atoms with Crippen LogP contribution in [0.3, 0.4) is 0 Å². The van der Waals surface area contributed by atoms with Crippen LogP contribution in [0.25, 0.3) is 11.1 Å². The number of carbonyl (C=O) groups is 1. The molecule has 0 saturated carbocycles. The SMILES string of the molecule is COCCCNC(=O)CCCn1cc(-c2ccccc2)cn1. The summed E-state index contributed by atoms with van der Waals surface area (Å²) in [4.78, 5) is 11.6. The van der Waals surface area contributed by atoms with Crippen LogP contribution in [0.1, 0.15) is 19.3 Å². The Bertz CT molecular complexity index is 566. The highest BCUT2D eigenvalue weighted by molar-refractivity contribution is 5.75. The van der Waals surface area contributed by atoms with Gasteiger partial charge in [-0.1, -0.05) is 30.3 Å². The summed E-state index contributed by atoms with van der Waals surface area (Å²) in [6.45, 7) is 2.10. The van der Waals surface area contributed by atoms with Crippen LogP contribution in [-0.2, 0) is 16.1 Å². The van der Waals surface area contributed by atoms with E-state index in [4.69, 9.17) is 4.74 Å². The average molecular weight is 301 g/mol. The summed E-state index contributed by atoms with van der Waals surface area (Å²) in [5.74, 6) is 0.0894. The second-order valence-electron chi connectivity index (χ2n) is 5.16. The smallest absolute Gasteiger partial charge is 0.220 e. The van der Waals surface area contributed by atoms with Gasteiger partial charge in [0.2, 0.25) is 5.91 Å². The van der Waals surface area contributed by atoms with E-state index in [0.717, 1.165) is 30.5 Å². The lowest BCUT2D eigenvalue weighted by Crippen LogP contribution is -2.25. The van der Waals surface area contributed by atoms with Crippen LogP contribution in [0, 0.1) is 0 Å². The van der Waals surface area contributed by atoms with Crippen molar-refractivity contribution in [1.82, 2.24) is 15.1 Å². The lowest BCUT2D eigenvalue weighted by molar-refractivity contribution is -0.121. The molecular formula is C17H23N3O2. The Morgan fingerprint density at radius 2 is 2.05 bits per heavy atom. The molecule has 1 aromatic carbocycles. The number of ether oxygens (including phenoxy) is 1. The molecule has 2 aromatic rings. The lowest BCUT2D eigenvalue weighted by Gasteiger charge is -2.05. The van der Waals surface area contributed by atoms with Gasteiger partial charge in [0.15, 0.2) is 0 Å². The van der Waals surface area contributed by atoms with Crippen molar-refractivity contribution in [3.63, 3.8) is 0 Å². The van der Waals surface area contributed by atoms with Crippen molar-refractivity contribution in [2.45, 2.75) is 25.8 Å². The summed E-state index contributed by atoms with van der Waals surface area (Å²) >= 11 is 0. The first-order chi connectivity index (χ1) is 10.8. The van der Waals surface area contributed by atoms with Gasteiger partial charge >= 0.3 is 0 Å². The molecule has 22 heavy (non-hydrogen) atoms. The van der Waals surface area contributed by atoms with Crippen LogP contribution in [0.5, 0.6) is 0 Å². The van der Waals surface area contributed by atoms with Crippen molar-refractivity contribution in [2.24, 2.45) is 0 Å². The van der Waals surface area contributed by atoms with Gasteiger partial charge in [-0.15, -0.1) is 0 Å². The van der Waals surface area contributed by atoms with Crippen molar-refractivity contribution >= 4 is 5.91 Å². The van der Waals surface area contributed by atoms with Gasteiger partial charge in [-0.2, -0.15) is 5.10 Å². The number of carbonyl (C=O) groups excluding carboxylic acids is 1. The molecule has 118 valence electrons. The van der Waals surface area contributed by atoms with Crippen LogP contribution >= 0.6 is 0 Å². The van der Waals surface area contributed by atoms with Crippen molar-refractivity contribution in [1.29, 1.82) is 0 Å². The Morgan fingerprint density at radius 3 is 2.82 bits per heavy atom. The predicted molar refractivity (Wildman–Crippen MR) is 86.4 cm³/mol. The predicted octanol–water partition coefficient (Wildman–Crippen LogP) is 2.48. The number of aryl methyl sites for hydroxylation is 1. The number of benzene rings is 1. The molecule has 1 amide bonds. The Morgan fingerprint density at radius 1 is 1.23 bits per heavy atom. The highest BCUT2D eigenvalue weighted by atomic mass is 16.5. The Kier molecular flexibility index (Phi) is 6.64. The molecule has 1 aromatic heterocycles. The van der Waals surface area contributed by atoms with Crippen molar-refractivity contribution in [3.05, 3.63) is 42.7 Å². The monoisotopic (exact) mass is 301 g/mol. The minimum absolute atomic E-state index is 0.0894. The lowest BCUT2D eigenvalue weighted by atomic mass is 10.1. The molecule has 0 aliphatic carbocycles. The van der Waals surface area contributed by atoms with Gasteiger partial charge in [-0.25, -0.2) is 0 Å². The quantitative estimate of drug-likeness (QED) is 0.724. The van der Waals surface area contributed by atoms with Crippen molar-refractivity contribution in [3.8, 4) is 11.1 Å². The van der Waals surface area contributed by atoms with Crippen LogP contribution in [-0.4, -0.2) is 35.9 Å². The van der Waals surface area contributed by atoms with Gasteiger partial charge in [-0.3, -0.25) is 9.48 Å². The van der Waals surface area contributed by atoms with Gasteiger partial charge in [0.25, 0.3) is 0 Å². The van der Waals surface area contributed by atoms with E-state index in [1.807, 2.05) is 35.3 Å². The molecule has 0 fully saturated rings. The number of hydrogen-bond donors (Lipinski definition) is 1. The molecule has 0 unspecified atom stereocenters. The van der Waals surface area contributed by atoms with Crippen LogP contribution < -0.4 is 5.32 Å². The van der Waals surface area contributed by atoms with E-state index in [-0.39, 0.29) is 5.91 Å². The number of nitrogens with one attached hydrogen (secondary N) is 1. The fraction of sp³-hybridized carbons (Fsp3) is 0.412. The summed E-state index contributed by atoms with van der Waals surface area (Å²) in [5.41, 5.74) is 2.26. The van der Waals surface area contributed by atoms with E-state index in [1.54, 1.807) is 7.11 Å². The first-order valence-electron chi connectivity index (χ1n) is 7.63. The Balaban J connectivity index is 1.69. The number of aromatic nitrogens is 2. The van der Waals surface area contributed by atoms with Crippen LogP contribution in [0.15, 0.2) is 42.7 Å². The summed E-state index contributed by atoms with van der Waals surface area (Å²) in [5, 5.41) is 7.23. The highest BCUT2D eigenvalue weighted by Crippen LogP contribution is 2.17. The van der Waals surface area contributed by atoms with E-state index in [0.29, 0.717) is 19.6 Å². The maximum atomic E-state index is 11.6. The molecule has 0 aliphatic heterocycles. The minimum Gasteiger partial charge on any atom is -0.385 e. The van der Waals surface area contributed by atoms with Gasteiger partial charge in [0.05, 0.1) is 6.20 Å². The second-order valence-corrected chi connectivity index (χ2v) is 5.16. The van der Waals surface area contributed by atoms with Gasteiger partial charge < -0.3 is 10.1 Å². The zero-order valence-electron chi connectivity index (χ0n) is 13.0. The van der Waals surface area contributed by atoms with Crippen molar-refractivity contribution in [2.75, 3.05) is 20.3 Å². The zero-order valence-corrected chi connectivity index (χ0v) is 13.0.